The maximum atomic E-state index is 5.36. The molecule has 8 rings (SSSR count). The van der Waals surface area contributed by atoms with E-state index in [1.54, 1.807) is 0 Å². The molecule has 0 N–H and O–H groups in total. The monoisotopic (exact) mass is 814 g/mol. The minimum Gasteiger partial charge on any atom is -0.251 e. The summed E-state index contributed by atoms with van der Waals surface area (Å²) in [5.74, 6) is 0. The first-order chi connectivity index (χ1) is 21.8. The van der Waals surface area contributed by atoms with Crippen LogP contribution in [0.25, 0.3) is 44.1 Å². The summed E-state index contributed by atoms with van der Waals surface area (Å²) in [5, 5.41) is 2.70. The Balaban J connectivity index is 0.000000497. The Morgan fingerprint density at radius 1 is 0.511 bits per heavy atom. The van der Waals surface area contributed by atoms with E-state index in [2.05, 4.69) is 141 Å². The summed E-state index contributed by atoms with van der Waals surface area (Å²) >= 11 is 30.9. The van der Waals surface area contributed by atoms with Gasteiger partial charge in [0.15, 0.2) is 0 Å². The number of aromatic nitrogens is 2. The molecule has 2 bridgehead atoms. The molecule has 226 valence electrons. The van der Waals surface area contributed by atoms with Crippen LogP contribution in [-0.4, -0.2) is 19.6 Å². The van der Waals surface area contributed by atoms with Crippen LogP contribution in [0.3, 0.4) is 0 Å². The zero-order chi connectivity index (χ0) is 31.2. The zero-order valence-electron chi connectivity index (χ0n) is 23.4. The summed E-state index contributed by atoms with van der Waals surface area (Å²) in [6.07, 6.45) is 0. The van der Waals surface area contributed by atoms with E-state index in [0.717, 1.165) is 22.4 Å². The van der Waals surface area contributed by atoms with Crippen LogP contribution < -0.4 is 0 Å². The zero-order valence-corrected chi connectivity index (χ0v) is 30.4. The summed E-state index contributed by atoms with van der Waals surface area (Å²) in [5.41, 5.74) is 12.0. The molecule has 0 unspecified atom stereocenters. The average molecular weight is 818 g/mol. The van der Waals surface area contributed by atoms with Crippen LogP contribution in [0.1, 0.15) is 42.7 Å². The number of halogens is 6. The van der Waals surface area contributed by atoms with Gasteiger partial charge in [-0.3, -0.25) is 9.97 Å². The number of pyridine rings is 2. The molecule has 0 spiro atoms. The number of benzene rings is 4. The maximum Gasteiger partial charge on any atom is 0.137 e. The molecule has 6 aromatic rings. The fourth-order valence-electron chi connectivity index (χ4n) is 6.32. The maximum absolute atomic E-state index is 5.36. The number of hydrogen-bond acceptors (Lipinski definition) is 3. The molecule has 2 nitrogen and oxygen atoms in total. The van der Waals surface area contributed by atoms with Gasteiger partial charge in [-0.2, -0.15) is 0 Å². The molecule has 9 heteroatoms. The van der Waals surface area contributed by atoms with Crippen LogP contribution in [0.2, 0.25) is 0 Å². The molecule has 0 saturated carbocycles. The molecular weight excluding hydrogens is 794 g/mol. The first-order valence-electron chi connectivity index (χ1n) is 14.3. The van der Waals surface area contributed by atoms with Gasteiger partial charge < -0.3 is 0 Å². The highest BCUT2D eigenvalue weighted by atomic mass is 79.9. The highest BCUT2D eigenvalue weighted by Gasteiger charge is 2.48. The number of rotatable bonds is 3. The average Bonchev–Trinajstić information content (AvgIpc) is 3.07. The van der Waals surface area contributed by atoms with Gasteiger partial charge in [0.2, 0.25) is 0 Å². The van der Waals surface area contributed by atoms with Gasteiger partial charge in [-0.25, -0.2) is 0 Å². The highest BCUT2D eigenvalue weighted by Crippen LogP contribution is 2.68. The third-order valence-corrected chi connectivity index (χ3v) is 13.9. The smallest absolute Gasteiger partial charge is 0.137 e. The molecular formula is C36H24Br2Cl4N2S. The summed E-state index contributed by atoms with van der Waals surface area (Å²) in [7, 11) is 0. The molecule has 4 heterocycles. The van der Waals surface area contributed by atoms with Crippen LogP contribution in [0.5, 0.6) is 0 Å². The largest absolute Gasteiger partial charge is 0.251 e. The molecule has 0 amide bonds. The van der Waals surface area contributed by atoms with Crippen molar-refractivity contribution in [2.24, 2.45) is 0 Å². The van der Waals surface area contributed by atoms with Gasteiger partial charge in [-0.1, -0.05) is 129 Å². The van der Waals surface area contributed by atoms with E-state index in [9.17, 15) is 0 Å². The number of alkyl halides is 6. The molecule has 2 aliphatic rings. The van der Waals surface area contributed by atoms with Crippen LogP contribution in [-0.2, 0) is 0 Å². The highest BCUT2D eigenvalue weighted by molar-refractivity contribution is 9.09. The molecule has 2 aromatic heterocycles. The second kappa shape index (κ2) is 13.4. The fraction of sp³-hybridized carbons (Fsp3) is 0.167. The third-order valence-electron chi connectivity index (χ3n) is 8.15. The van der Waals surface area contributed by atoms with Gasteiger partial charge in [-0.15, -0.1) is 58.2 Å². The second-order valence-corrected chi connectivity index (χ2v) is 16.4. The lowest BCUT2D eigenvalue weighted by molar-refractivity contribution is 0.728. The van der Waals surface area contributed by atoms with E-state index in [1.807, 2.05) is 11.8 Å². The van der Waals surface area contributed by atoms with E-state index in [0.29, 0.717) is 0 Å². The minimum absolute atomic E-state index is 0.0668. The number of nitrogens with zero attached hydrogens (tertiary/aromatic N) is 2. The third kappa shape index (κ3) is 5.82. The first kappa shape index (κ1) is 31.8. The Morgan fingerprint density at radius 2 is 0.867 bits per heavy atom. The lowest BCUT2D eigenvalue weighted by Crippen LogP contribution is -2.27. The summed E-state index contributed by atoms with van der Waals surface area (Å²) < 4.78 is 0. The van der Waals surface area contributed by atoms with Crippen molar-refractivity contribution in [1.29, 1.82) is 0 Å². The summed E-state index contributed by atoms with van der Waals surface area (Å²) in [6.45, 7) is 0. The van der Waals surface area contributed by atoms with Crippen molar-refractivity contribution >= 4 is 112 Å². The van der Waals surface area contributed by atoms with Crippen LogP contribution >= 0.6 is 90.0 Å². The van der Waals surface area contributed by atoms with Crippen molar-refractivity contribution in [2.45, 2.75) is 29.8 Å². The molecule has 45 heavy (non-hydrogen) atoms. The Labute approximate surface area is 303 Å². The Hall–Kier alpha value is -1.83. The molecule has 0 radical (unpaired) electrons. The van der Waals surface area contributed by atoms with E-state index in [4.69, 9.17) is 56.4 Å². The van der Waals surface area contributed by atoms with Gasteiger partial charge in [0.1, 0.15) is 9.67 Å². The van der Waals surface area contributed by atoms with Gasteiger partial charge in [0, 0.05) is 10.8 Å². The quantitative estimate of drug-likeness (QED) is 0.166. The lowest BCUT2D eigenvalue weighted by atomic mass is 9.83. The van der Waals surface area contributed by atoms with Crippen molar-refractivity contribution in [3.05, 3.63) is 132 Å². The molecule has 0 saturated heterocycles. The van der Waals surface area contributed by atoms with E-state index in [-0.39, 0.29) is 20.2 Å². The predicted molar refractivity (Wildman–Crippen MR) is 202 cm³/mol. The van der Waals surface area contributed by atoms with Gasteiger partial charge >= 0.3 is 0 Å². The van der Waals surface area contributed by atoms with Gasteiger partial charge in [-0.05, 0) is 45.5 Å². The Bertz CT molecular complexity index is 1870. The Kier molecular flexibility index (Phi) is 9.42. The number of thioether (sulfide) groups is 1. The topological polar surface area (TPSA) is 25.8 Å². The lowest BCUT2D eigenvalue weighted by Gasteiger charge is -2.43. The molecule has 0 aliphatic carbocycles. The normalized spacial score (nSPS) is 20.1. The fourth-order valence-corrected chi connectivity index (χ4v) is 9.98. The second-order valence-electron chi connectivity index (χ2n) is 10.8. The van der Waals surface area contributed by atoms with Crippen molar-refractivity contribution in [3.63, 3.8) is 0 Å². The summed E-state index contributed by atoms with van der Waals surface area (Å²) in [6, 6.07) is 38.7. The van der Waals surface area contributed by atoms with Crippen molar-refractivity contribution in [1.82, 2.24) is 9.97 Å². The van der Waals surface area contributed by atoms with Crippen LogP contribution in [0.15, 0.2) is 109 Å². The van der Waals surface area contributed by atoms with Gasteiger partial charge in [0.05, 0.1) is 42.6 Å². The van der Waals surface area contributed by atoms with Gasteiger partial charge in [0.25, 0.3) is 0 Å². The SMILES string of the molecule is Br[C@H]1c2c(nc3ccccc3c2-c2ccccc2)[C@H]2S[C@@H]1c1nc3ccccc3c(-c3ccccc3)c1[C@@H]2Br.ClC(Cl)C(Cl)Cl. The minimum atomic E-state index is -0.673. The van der Waals surface area contributed by atoms with Crippen LogP contribution in [0, 0.1) is 0 Å². The van der Waals surface area contributed by atoms with Crippen molar-refractivity contribution in [3.8, 4) is 22.3 Å². The molecule has 4 aromatic carbocycles. The molecule has 0 fully saturated rings. The molecule has 4 atom stereocenters. The standard InChI is InChI=1S/C34H22Br2N2S.C2H2Cl4/c35-29-27-25(19-11-3-1-4-12-19)21-15-7-9-17-23(21)37-31(27)34-30(36)28-26(20-13-5-2-6-14-20)22-16-8-10-18-24(22)38-32(28)33(29)39-34;3-1(4)2(5)6/h1-18,29-30,33-34H;1-2H/t29-,30-,33-,34-;/m0./s1. The summed E-state index contributed by atoms with van der Waals surface area (Å²) in [4.78, 5) is 9.51. The van der Waals surface area contributed by atoms with Crippen molar-refractivity contribution in [2.75, 3.05) is 0 Å². The Morgan fingerprint density at radius 3 is 1.24 bits per heavy atom. The van der Waals surface area contributed by atoms with E-state index >= 15 is 0 Å². The number of para-hydroxylation sites is 2. The van der Waals surface area contributed by atoms with Crippen LogP contribution in [0.4, 0.5) is 0 Å². The number of hydrogen-bond donors (Lipinski definition) is 0. The number of fused-ring (bicyclic) bond motifs is 8. The predicted octanol–water partition coefficient (Wildman–Crippen LogP) is 13.1. The first-order valence-corrected chi connectivity index (χ1v) is 18.8. The van der Waals surface area contributed by atoms with E-state index in [1.165, 1.54) is 44.2 Å². The van der Waals surface area contributed by atoms with E-state index < -0.39 is 9.67 Å². The molecule has 2 aliphatic heterocycles. The van der Waals surface area contributed by atoms with Crippen molar-refractivity contribution < 1.29 is 0 Å².